The Bertz CT molecular complexity index is 521. The molecule has 3 fully saturated rings. The number of piperidine rings is 1. The Morgan fingerprint density at radius 2 is 1.67 bits per heavy atom. The molecular weight excluding hydrogens is 262 g/mol. The zero-order valence-electron chi connectivity index (χ0n) is 12.6. The zero-order chi connectivity index (χ0) is 14.4. The lowest BCUT2D eigenvalue weighted by Crippen LogP contribution is -2.42. The minimum atomic E-state index is 0.217. The largest absolute Gasteiger partial charge is 0.490 e. The van der Waals surface area contributed by atoms with Gasteiger partial charge in [-0.25, -0.2) is 0 Å². The standard InChI is InChI=1S/C18H23NO2/c1-19-14-4-5-15(19)11-13(10-14)18(20)12-2-6-16(7-3-12)21-17-8-9-17/h2-3,6-7,13-15,17H,4-5,8-11H2,1H3. The maximum atomic E-state index is 12.7. The first-order valence-electron chi connectivity index (χ1n) is 8.23. The molecule has 3 heteroatoms. The average molecular weight is 285 g/mol. The van der Waals surface area contributed by atoms with Gasteiger partial charge in [0.25, 0.3) is 0 Å². The highest BCUT2D eigenvalue weighted by Crippen LogP contribution is 2.38. The summed E-state index contributed by atoms with van der Waals surface area (Å²) < 4.78 is 5.75. The van der Waals surface area contributed by atoms with Gasteiger partial charge < -0.3 is 9.64 Å². The van der Waals surface area contributed by atoms with Gasteiger partial charge in [0.1, 0.15) is 5.75 Å². The van der Waals surface area contributed by atoms with Crippen LogP contribution < -0.4 is 4.74 Å². The molecule has 2 bridgehead atoms. The summed E-state index contributed by atoms with van der Waals surface area (Å²) in [5.41, 5.74) is 0.854. The number of hydrogen-bond acceptors (Lipinski definition) is 3. The zero-order valence-corrected chi connectivity index (χ0v) is 12.6. The number of carbonyl (C=O) groups excluding carboxylic acids is 1. The minimum Gasteiger partial charge on any atom is -0.490 e. The van der Waals surface area contributed by atoms with Crippen molar-refractivity contribution < 1.29 is 9.53 Å². The predicted octanol–water partition coefficient (Wildman–Crippen LogP) is 3.28. The molecule has 21 heavy (non-hydrogen) atoms. The number of fused-ring (bicyclic) bond motifs is 2. The smallest absolute Gasteiger partial charge is 0.166 e. The third-order valence-electron chi connectivity index (χ3n) is 5.43. The van der Waals surface area contributed by atoms with Gasteiger partial charge in [0.15, 0.2) is 5.78 Å². The van der Waals surface area contributed by atoms with Crippen LogP contribution in [0.4, 0.5) is 0 Å². The average Bonchev–Trinajstić information content (AvgIpc) is 3.28. The Labute approximate surface area is 126 Å². The summed E-state index contributed by atoms with van der Waals surface area (Å²) in [5, 5.41) is 0. The molecule has 3 nitrogen and oxygen atoms in total. The Kier molecular flexibility index (Phi) is 3.26. The number of carbonyl (C=O) groups is 1. The van der Waals surface area contributed by atoms with Crippen molar-refractivity contribution in [3.8, 4) is 5.75 Å². The molecule has 0 radical (unpaired) electrons. The van der Waals surface area contributed by atoms with Crippen molar-refractivity contribution in [2.45, 2.75) is 56.7 Å². The van der Waals surface area contributed by atoms with Gasteiger partial charge >= 0.3 is 0 Å². The van der Waals surface area contributed by atoms with Crippen molar-refractivity contribution in [2.75, 3.05) is 7.05 Å². The number of ether oxygens (including phenoxy) is 1. The second kappa shape index (κ2) is 5.13. The Morgan fingerprint density at radius 1 is 1.05 bits per heavy atom. The fraction of sp³-hybridized carbons (Fsp3) is 0.611. The van der Waals surface area contributed by atoms with E-state index >= 15 is 0 Å². The molecule has 2 unspecified atom stereocenters. The molecule has 0 amide bonds. The maximum Gasteiger partial charge on any atom is 0.166 e. The molecule has 0 N–H and O–H groups in total. The molecule has 0 spiro atoms. The summed E-state index contributed by atoms with van der Waals surface area (Å²) in [5.74, 6) is 1.45. The van der Waals surface area contributed by atoms with Crippen LogP contribution in [0, 0.1) is 5.92 Å². The van der Waals surface area contributed by atoms with Gasteiger partial charge in [-0.3, -0.25) is 4.79 Å². The molecule has 2 saturated heterocycles. The van der Waals surface area contributed by atoms with Gasteiger partial charge in [0.05, 0.1) is 6.10 Å². The van der Waals surface area contributed by atoms with E-state index in [1.165, 1.54) is 25.7 Å². The normalized spacial score (nSPS) is 32.1. The van der Waals surface area contributed by atoms with Gasteiger partial charge in [0.2, 0.25) is 0 Å². The van der Waals surface area contributed by atoms with E-state index in [0.717, 1.165) is 24.2 Å². The number of hydrogen-bond donors (Lipinski definition) is 0. The Morgan fingerprint density at radius 3 is 2.24 bits per heavy atom. The van der Waals surface area contributed by atoms with Crippen LogP contribution in [0.1, 0.15) is 48.9 Å². The first kappa shape index (κ1) is 13.3. The van der Waals surface area contributed by atoms with Crippen LogP contribution in [0.3, 0.4) is 0 Å². The van der Waals surface area contributed by atoms with E-state index in [0.29, 0.717) is 24.0 Å². The van der Waals surface area contributed by atoms with Gasteiger partial charge in [-0.2, -0.15) is 0 Å². The first-order valence-corrected chi connectivity index (χ1v) is 8.23. The van der Waals surface area contributed by atoms with Crippen LogP contribution in [0.15, 0.2) is 24.3 Å². The number of ketones is 1. The third-order valence-corrected chi connectivity index (χ3v) is 5.43. The Hall–Kier alpha value is -1.35. The molecule has 1 aromatic rings. The first-order chi connectivity index (χ1) is 10.2. The highest BCUT2D eigenvalue weighted by molar-refractivity contribution is 5.98. The van der Waals surface area contributed by atoms with Crippen LogP contribution in [0.2, 0.25) is 0 Å². The van der Waals surface area contributed by atoms with Gasteiger partial charge in [-0.05, 0) is 69.8 Å². The summed E-state index contributed by atoms with van der Waals surface area (Å²) in [7, 11) is 2.22. The molecular formula is C18H23NO2. The molecule has 2 atom stereocenters. The molecule has 1 aliphatic carbocycles. The van der Waals surface area contributed by atoms with Crippen molar-refractivity contribution in [2.24, 2.45) is 5.92 Å². The second-order valence-corrected chi connectivity index (χ2v) is 6.92. The monoisotopic (exact) mass is 285 g/mol. The summed E-state index contributed by atoms with van der Waals surface area (Å²) in [6.07, 6.45) is 7.34. The summed E-state index contributed by atoms with van der Waals surface area (Å²) in [6.45, 7) is 0. The lowest BCUT2D eigenvalue weighted by molar-refractivity contribution is 0.0767. The van der Waals surface area contributed by atoms with Crippen LogP contribution >= 0.6 is 0 Å². The van der Waals surface area contributed by atoms with Gasteiger partial charge in [0, 0.05) is 23.6 Å². The van der Waals surface area contributed by atoms with Crippen LogP contribution in [0.25, 0.3) is 0 Å². The molecule has 0 aromatic heterocycles. The summed E-state index contributed by atoms with van der Waals surface area (Å²) in [4.78, 5) is 15.2. The highest BCUT2D eigenvalue weighted by Gasteiger charge is 2.40. The van der Waals surface area contributed by atoms with Crippen LogP contribution in [-0.2, 0) is 0 Å². The Balaban J connectivity index is 1.44. The van der Waals surface area contributed by atoms with E-state index in [-0.39, 0.29) is 5.92 Å². The molecule has 2 heterocycles. The molecule has 4 rings (SSSR count). The number of Topliss-reactive ketones (excluding diaryl/α,β-unsaturated/α-hetero) is 1. The fourth-order valence-electron chi connectivity index (χ4n) is 3.94. The van der Waals surface area contributed by atoms with Crippen molar-refractivity contribution in [1.29, 1.82) is 0 Å². The van der Waals surface area contributed by atoms with E-state index in [9.17, 15) is 4.79 Å². The summed E-state index contributed by atoms with van der Waals surface area (Å²) >= 11 is 0. The van der Waals surface area contributed by atoms with Crippen LogP contribution in [-0.4, -0.2) is 35.9 Å². The second-order valence-electron chi connectivity index (χ2n) is 6.92. The van der Waals surface area contributed by atoms with Crippen molar-refractivity contribution in [3.05, 3.63) is 29.8 Å². The summed E-state index contributed by atoms with van der Waals surface area (Å²) in [6, 6.07) is 9.04. The highest BCUT2D eigenvalue weighted by atomic mass is 16.5. The number of benzene rings is 1. The fourth-order valence-corrected chi connectivity index (χ4v) is 3.94. The molecule has 1 saturated carbocycles. The van der Waals surface area contributed by atoms with Crippen molar-refractivity contribution >= 4 is 5.78 Å². The topological polar surface area (TPSA) is 29.5 Å². The van der Waals surface area contributed by atoms with Crippen molar-refractivity contribution in [3.63, 3.8) is 0 Å². The lowest BCUT2D eigenvalue weighted by Gasteiger charge is -2.35. The van der Waals surface area contributed by atoms with E-state index < -0.39 is 0 Å². The van der Waals surface area contributed by atoms with Crippen molar-refractivity contribution in [1.82, 2.24) is 4.90 Å². The molecule has 1 aromatic carbocycles. The lowest BCUT2D eigenvalue weighted by atomic mass is 9.85. The number of nitrogens with zero attached hydrogens (tertiary/aromatic N) is 1. The molecule has 3 aliphatic rings. The van der Waals surface area contributed by atoms with E-state index in [4.69, 9.17) is 4.74 Å². The number of rotatable bonds is 4. The van der Waals surface area contributed by atoms with Crippen LogP contribution in [0.5, 0.6) is 5.75 Å². The van der Waals surface area contributed by atoms with E-state index in [1.807, 2.05) is 24.3 Å². The maximum absolute atomic E-state index is 12.7. The predicted molar refractivity (Wildman–Crippen MR) is 81.7 cm³/mol. The van der Waals surface area contributed by atoms with E-state index in [2.05, 4.69) is 11.9 Å². The van der Waals surface area contributed by atoms with E-state index in [1.54, 1.807) is 0 Å². The van der Waals surface area contributed by atoms with Gasteiger partial charge in [-0.1, -0.05) is 0 Å². The SMILES string of the molecule is CN1C2CCC1CC(C(=O)c1ccc(OC3CC3)cc1)C2. The third kappa shape index (κ3) is 2.59. The minimum absolute atomic E-state index is 0.217. The molecule has 2 aliphatic heterocycles. The van der Waals surface area contributed by atoms with Gasteiger partial charge in [-0.15, -0.1) is 0 Å². The quantitative estimate of drug-likeness (QED) is 0.795. The molecule has 112 valence electrons.